The fourth-order valence-corrected chi connectivity index (χ4v) is 5.25. The average molecular weight is 527 g/mol. The highest BCUT2D eigenvalue weighted by Gasteiger charge is 2.20. The predicted octanol–water partition coefficient (Wildman–Crippen LogP) is 9.45. The second-order valence-corrected chi connectivity index (χ2v) is 12.3. The Balaban J connectivity index is 0.00000101. The Kier molecular flexibility index (Phi) is 22.6. The number of quaternary nitrogens is 1. The van der Waals surface area contributed by atoms with Crippen molar-refractivity contribution < 1.29 is 17.5 Å². The second-order valence-electron chi connectivity index (χ2n) is 10.9. The van der Waals surface area contributed by atoms with E-state index < -0.39 is 10.1 Å². The van der Waals surface area contributed by atoms with Crippen LogP contribution < -0.4 is 0 Å². The third kappa shape index (κ3) is 21.2. The van der Waals surface area contributed by atoms with Crippen LogP contribution in [-0.2, 0) is 10.1 Å². The van der Waals surface area contributed by atoms with Crippen molar-refractivity contribution in [2.45, 2.75) is 141 Å². The van der Waals surface area contributed by atoms with Crippen LogP contribution in [0.4, 0.5) is 0 Å². The minimum atomic E-state index is -4.00. The van der Waals surface area contributed by atoms with E-state index in [4.69, 9.17) is 4.55 Å². The van der Waals surface area contributed by atoms with Gasteiger partial charge in [-0.05, 0) is 50.7 Å². The molecule has 0 heterocycles. The lowest BCUT2D eigenvalue weighted by molar-refractivity contribution is -0.910. The summed E-state index contributed by atoms with van der Waals surface area (Å²) in [5.41, 5.74) is 0. The zero-order valence-corrected chi connectivity index (χ0v) is 25.2. The van der Waals surface area contributed by atoms with E-state index in [2.05, 4.69) is 27.8 Å². The Bertz CT molecular complexity index is 650. The summed E-state index contributed by atoms with van der Waals surface area (Å²) in [4.78, 5) is -0.0741. The molecule has 1 aromatic carbocycles. The molecule has 0 aromatic heterocycles. The third-order valence-corrected chi connectivity index (χ3v) is 8.06. The first kappa shape index (κ1) is 35.1. The maximum atomic E-state index is 10.4. The quantitative estimate of drug-likeness (QED) is 0.0929. The van der Waals surface area contributed by atoms with Crippen LogP contribution in [0.2, 0.25) is 0 Å². The molecule has 0 saturated carbocycles. The zero-order chi connectivity index (χ0) is 27.0. The van der Waals surface area contributed by atoms with Gasteiger partial charge >= 0.3 is 0 Å². The summed E-state index contributed by atoms with van der Waals surface area (Å²) in [6.45, 7) is 11.2. The Morgan fingerprint density at radius 1 is 0.556 bits per heavy atom. The van der Waals surface area contributed by atoms with Gasteiger partial charge < -0.3 is 4.48 Å². The van der Waals surface area contributed by atoms with Crippen LogP contribution in [0.15, 0.2) is 35.2 Å². The van der Waals surface area contributed by atoms with E-state index in [1.807, 2.05) is 0 Å². The molecule has 0 atom stereocenters. The van der Waals surface area contributed by atoms with Gasteiger partial charge in [0.2, 0.25) is 0 Å². The normalized spacial score (nSPS) is 11.8. The molecule has 1 rings (SSSR count). The molecule has 0 aliphatic carbocycles. The number of unbranched alkanes of at least 4 members (excludes halogenated alkanes) is 15. The monoisotopic (exact) mass is 526 g/mol. The fraction of sp³-hybridized carbons (Fsp3) is 0.806. The van der Waals surface area contributed by atoms with Crippen molar-refractivity contribution in [2.24, 2.45) is 0 Å². The first-order valence-corrected chi connectivity index (χ1v) is 16.6. The van der Waals surface area contributed by atoms with Crippen molar-refractivity contribution >= 4 is 10.1 Å². The lowest BCUT2D eigenvalue weighted by Crippen LogP contribution is -2.46. The zero-order valence-electron chi connectivity index (χ0n) is 24.4. The molecule has 0 amide bonds. The van der Waals surface area contributed by atoms with Crippen LogP contribution in [0, 0.1) is 0 Å². The van der Waals surface area contributed by atoms with E-state index in [0.717, 1.165) is 0 Å². The van der Waals surface area contributed by atoms with Gasteiger partial charge in [-0.1, -0.05) is 116 Å². The smallest absolute Gasteiger partial charge is 0.294 e. The second kappa shape index (κ2) is 23.2. The van der Waals surface area contributed by atoms with Gasteiger partial charge in [-0.3, -0.25) is 4.55 Å². The molecule has 5 heteroatoms. The summed E-state index contributed by atoms with van der Waals surface area (Å²) in [5, 5.41) is 0. The maximum absolute atomic E-state index is 10.4. The fourth-order valence-electron chi connectivity index (χ4n) is 4.75. The van der Waals surface area contributed by atoms with E-state index >= 15 is 0 Å². The van der Waals surface area contributed by atoms with E-state index in [1.165, 1.54) is 152 Å². The summed E-state index contributed by atoms with van der Waals surface area (Å²) in [6, 6.07) is 7.42. The molecule has 1 N–H and O–H groups in total. The van der Waals surface area contributed by atoms with Crippen molar-refractivity contribution in [3.63, 3.8) is 0 Å². The molecule has 36 heavy (non-hydrogen) atoms. The van der Waals surface area contributed by atoms with Crippen LogP contribution in [0.25, 0.3) is 0 Å². The van der Waals surface area contributed by atoms with E-state index in [0.29, 0.717) is 0 Å². The van der Waals surface area contributed by atoms with Gasteiger partial charge in [0.25, 0.3) is 10.1 Å². The molecule has 0 aliphatic heterocycles. The number of rotatable bonds is 22. The third-order valence-electron chi connectivity index (χ3n) is 7.20. The molecule has 1 aromatic rings. The highest BCUT2D eigenvalue weighted by Crippen LogP contribution is 2.16. The molecule has 0 aliphatic rings. The summed E-state index contributed by atoms with van der Waals surface area (Å²) in [6.07, 6.45) is 25.9. The Labute approximate surface area is 225 Å². The Morgan fingerprint density at radius 3 is 1.14 bits per heavy atom. The van der Waals surface area contributed by atoms with Crippen molar-refractivity contribution in [1.29, 1.82) is 0 Å². The van der Waals surface area contributed by atoms with E-state index in [9.17, 15) is 8.42 Å². The predicted molar refractivity (Wildman–Crippen MR) is 157 cm³/mol. The molecule has 0 spiro atoms. The lowest BCUT2D eigenvalue weighted by atomic mass is 10.1. The molecule has 212 valence electrons. The number of hydrogen-bond acceptors (Lipinski definition) is 2. The molecule has 0 fully saturated rings. The Morgan fingerprint density at radius 2 is 0.861 bits per heavy atom. The highest BCUT2D eigenvalue weighted by atomic mass is 32.2. The van der Waals surface area contributed by atoms with Gasteiger partial charge in [0.1, 0.15) is 0 Å². The van der Waals surface area contributed by atoms with Crippen LogP contribution >= 0.6 is 0 Å². The largest absolute Gasteiger partial charge is 0.326 e. The molecular formula is C31H60NO3S+. The van der Waals surface area contributed by atoms with E-state index in [-0.39, 0.29) is 4.90 Å². The van der Waals surface area contributed by atoms with Crippen molar-refractivity contribution in [3.8, 4) is 0 Å². The van der Waals surface area contributed by atoms with Gasteiger partial charge in [0.15, 0.2) is 0 Å². The SMILES string of the molecule is CCCCCCCC[N+](C)(CCCCCCCC)CCCCCCCC.O=S(=O)(O)c1ccccc1. The van der Waals surface area contributed by atoms with Crippen LogP contribution in [0.3, 0.4) is 0 Å². The lowest BCUT2D eigenvalue weighted by Gasteiger charge is -2.35. The summed E-state index contributed by atoms with van der Waals surface area (Å²) in [7, 11) is -1.44. The van der Waals surface area contributed by atoms with Gasteiger partial charge in [-0.25, -0.2) is 0 Å². The molecular weight excluding hydrogens is 466 g/mol. The van der Waals surface area contributed by atoms with Crippen LogP contribution in [-0.4, -0.2) is 44.1 Å². The van der Waals surface area contributed by atoms with Crippen LogP contribution in [0.1, 0.15) is 136 Å². The number of benzene rings is 1. The summed E-state index contributed by atoms with van der Waals surface area (Å²) >= 11 is 0. The highest BCUT2D eigenvalue weighted by molar-refractivity contribution is 7.85. The molecule has 4 nitrogen and oxygen atoms in total. The summed E-state index contributed by atoms with van der Waals surface area (Å²) < 4.78 is 30.6. The van der Waals surface area contributed by atoms with Crippen molar-refractivity contribution in [3.05, 3.63) is 30.3 Å². The number of nitrogens with zero attached hydrogens (tertiary/aromatic N) is 1. The minimum Gasteiger partial charge on any atom is -0.326 e. The topological polar surface area (TPSA) is 54.4 Å². The molecule has 0 unspecified atom stereocenters. The standard InChI is InChI=1S/C25H54N.C6H6O3S/c1-5-8-11-14-17-20-23-26(4,24-21-18-15-12-9-6-2)25-22-19-16-13-10-7-3;7-10(8,9)6-4-2-1-3-5-6/h5-25H2,1-4H3;1-5H,(H,7,8,9)/q+1;. The Hall–Kier alpha value is -0.910. The van der Waals surface area contributed by atoms with Crippen LogP contribution in [0.5, 0.6) is 0 Å². The van der Waals surface area contributed by atoms with E-state index in [1.54, 1.807) is 18.2 Å². The summed E-state index contributed by atoms with van der Waals surface area (Å²) in [5.74, 6) is 0. The van der Waals surface area contributed by atoms with Gasteiger partial charge in [0, 0.05) is 0 Å². The average Bonchev–Trinajstić information content (AvgIpc) is 2.86. The van der Waals surface area contributed by atoms with Crippen molar-refractivity contribution in [1.82, 2.24) is 0 Å². The minimum absolute atomic E-state index is 0.0741. The first-order chi connectivity index (χ1) is 17.3. The molecule has 0 radical (unpaired) electrons. The van der Waals surface area contributed by atoms with Crippen molar-refractivity contribution in [2.75, 3.05) is 26.7 Å². The van der Waals surface area contributed by atoms with Gasteiger partial charge in [-0.15, -0.1) is 0 Å². The van der Waals surface area contributed by atoms with Gasteiger partial charge in [-0.2, -0.15) is 8.42 Å². The maximum Gasteiger partial charge on any atom is 0.294 e. The number of hydrogen-bond donors (Lipinski definition) is 1. The first-order valence-electron chi connectivity index (χ1n) is 15.1. The molecule has 0 bridgehead atoms. The molecule has 0 saturated heterocycles. The van der Waals surface area contributed by atoms with Gasteiger partial charge in [0.05, 0.1) is 31.6 Å².